The quantitative estimate of drug-likeness (QED) is 0.580. The average Bonchev–Trinajstić information content (AvgIpc) is 3.12. The Bertz CT molecular complexity index is 977. The van der Waals surface area contributed by atoms with E-state index in [0.717, 1.165) is 5.56 Å². The van der Waals surface area contributed by atoms with Gasteiger partial charge in [-0.3, -0.25) is 9.59 Å². The van der Waals surface area contributed by atoms with Crippen LogP contribution in [0.2, 0.25) is 0 Å². The molecule has 1 atom stereocenters. The predicted octanol–water partition coefficient (Wildman–Crippen LogP) is 1.14. The van der Waals surface area contributed by atoms with Crippen LogP contribution in [-0.4, -0.2) is 51.9 Å². The molecule has 9 heteroatoms. The minimum absolute atomic E-state index is 0.0501. The van der Waals surface area contributed by atoms with Gasteiger partial charge in [0.25, 0.3) is 0 Å². The maximum atomic E-state index is 12.4. The third-order valence-corrected chi connectivity index (χ3v) is 6.36. The van der Waals surface area contributed by atoms with Crippen LogP contribution >= 0.6 is 0 Å². The molecule has 160 valence electrons. The van der Waals surface area contributed by atoms with E-state index < -0.39 is 15.9 Å². The highest BCUT2D eigenvalue weighted by molar-refractivity contribution is 7.89. The Labute approximate surface area is 176 Å². The first-order valence-electron chi connectivity index (χ1n) is 9.62. The molecule has 1 saturated heterocycles. The van der Waals surface area contributed by atoms with Gasteiger partial charge in [-0.25, -0.2) is 13.1 Å². The highest BCUT2D eigenvalue weighted by atomic mass is 32.2. The number of sulfonamides is 1. The predicted molar refractivity (Wildman–Crippen MR) is 111 cm³/mol. The zero-order valence-corrected chi connectivity index (χ0v) is 17.5. The van der Waals surface area contributed by atoms with Gasteiger partial charge in [0.1, 0.15) is 5.75 Å². The SMILES string of the molecule is COc1ccc(S(=O)(=O)NCCNC(=O)[C@@H]2CC(=O)N(Cc3ccccc3)C2)cc1. The van der Waals surface area contributed by atoms with E-state index >= 15 is 0 Å². The number of amides is 2. The van der Waals surface area contributed by atoms with E-state index in [0.29, 0.717) is 18.8 Å². The second kappa shape index (κ2) is 9.73. The highest BCUT2D eigenvalue weighted by Crippen LogP contribution is 2.20. The summed E-state index contributed by atoms with van der Waals surface area (Å²) in [6, 6.07) is 15.6. The average molecular weight is 432 g/mol. The van der Waals surface area contributed by atoms with Crippen LogP contribution in [0.25, 0.3) is 0 Å². The molecule has 0 aliphatic carbocycles. The summed E-state index contributed by atoms with van der Waals surface area (Å²) in [6.45, 7) is 1.02. The number of benzene rings is 2. The molecule has 8 nitrogen and oxygen atoms in total. The Morgan fingerprint density at radius 3 is 2.47 bits per heavy atom. The van der Waals surface area contributed by atoms with Crippen LogP contribution in [0.5, 0.6) is 5.75 Å². The first kappa shape index (κ1) is 21.8. The van der Waals surface area contributed by atoms with Crippen molar-refractivity contribution in [1.82, 2.24) is 14.9 Å². The third-order valence-electron chi connectivity index (χ3n) is 4.89. The first-order chi connectivity index (χ1) is 14.4. The Kier molecular flexibility index (Phi) is 7.07. The number of hydrogen-bond acceptors (Lipinski definition) is 5. The molecule has 0 saturated carbocycles. The second-order valence-electron chi connectivity index (χ2n) is 7.03. The fourth-order valence-electron chi connectivity index (χ4n) is 3.26. The van der Waals surface area contributed by atoms with Gasteiger partial charge in [-0.1, -0.05) is 30.3 Å². The summed E-state index contributed by atoms with van der Waals surface area (Å²) >= 11 is 0. The molecule has 0 unspecified atom stereocenters. The van der Waals surface area contributed by atoms with Crippen molar-refractivity contribution in [3.8, 4) is 5.75 Å². The number of hydrogen-bond donors (Lipinski definition) is 2. The highest BCUT2D eigenvalue weighted by Gasteiger charge is 2.34. The zero-order chi connectivity index (χ0) is 21.6. The van der Waals surface area contributed by atoms with Crippen molar-refractivity contribution >= 4 is 21.8 Å². The summed E-state index contributed by atoms with van der Waals surface area (Å²) in [7, 11) is -2.17. The van der Waals surface area contributed by atoms with E-state index in [1.807, 2.05) is 30.3 Å². The van der Waals surface area contributed by atoms with Crippen molar-refractivity contribution in [1.29, 1.82) is 0 Å². The first-order valence-corrected chi connectivity index (χ1v) is 11.1. The summed E-state index contributed by atoms with van der Waals surface area (Å²) in [4.78, 5) is 26.4. The normalized spacial score (nSPS) is 16.5. The molecule has 3 rings (SSSR count). The van der Waals surface area contributed by atoms with Gasteiger partial charge in [0.15, 0.2) is 0 Å². The largest absolute Gasteiger partial charge is 0.497 e. The van der Waals surface area contributed by atoms with Crippen LogP contribution in [-0.2, 0) is 26.2 Å². The molecule has 1 aliphatic rings. The topological polar surface area (TPSA) is 105 Å². The number of carbonyl (C=O) groups is 2. The molecule has 0 spiro atoms. The van der Waals surface area contributed by atoms with Crippen molar-refractivity contribution in [2.75, 3.05) is 26.7 Å². The Hall–Kier alpha value is -2.91. The molecule has 1 fully saturated rings. The van der Waals surface area contributed by atoms with Gasteiger partial charge in [-0.2, -0.15) is 0 Å². The lowest BCUT2D eigenvalue weighted by Gasteiger charge is -2.16. The summed E-state index contributed by atoms with van der Waals surface area (Å²) < 4.78 is 32.0. The Balaban J connectivity index is 1.43. The maximum absolute atomic E-state index is 12.4. The van der Waals surface area contributed by atoms with Gasteiger partial charge in [0.2, 0.25) is 21.8 Å². The Morgan fingerprint density at radius 1 is 1.10 bits per heavy atom. The fraction of sp³-hybridized carbons (Fsp3) is 0.333. The summed E-state index contributed by atoms with van der Waals surface area (Å²) in [5.74, 6) is -0.171. The van der Waals surface area contributed by atoms with Gasteiger partial charge in [0, 0.05) is 32.6 Å². The minimum Gasteiger partial charge on any atom is -0.497 e. The molecule has 2 aromatic carbocycles. The van der Waals surface area contributed by atoms with Crippen molar-refractivity contribution in [3.05, 3.63) is 60.2 Å². The lowest BCUT2D eigenvalue weighted by Crippen LogP contribution is -2.38. The van der Waals surface area contributed by atoms with Gasteiger partial charge in [-0.15, -0.1) is 0 Å². The van der Waals surface area contributed by atoms with Crippen LogP contribution in [0.3, 0.4) is 0 Å². The zero-order valence-electron chi connectivity index (χ0n) is 16.7. The lowest BCUT2D eigenvalue weighted by atomic mass is 10.1. The van der Waals surface area contributed by atoms with Gasteiger partial charge >= 0.3 is 0 Å². The molecule has 2 amide bonds. The Morgan fingerprint density at radius 2 is 1.80 bits per heavy atom. The van der Waals surface area contributed by atoms with Crippen LogP contribution < -0.4 is 14.8 Å². The molecule has 0 aromatic heterocycles. The second-order valence-corrected chi connectivity index (χ2v) is 8.79. The fourth-order valence-corrected chi connectivity index (χ4v) is 4.29. The molecule has 30 heavy (non-hydrogen) atoms. The summed E-state index contributed by atoms with van der Waals surface area (Å²) in [5.41, 5.74) is 1.01. The van der Waals surface area contributed by atoms with Crippen LogP contribution in [0.15, 0.2) is 59.5 Å². The van der Waals surface area contributed by atoms with E-state index in [-0.39, 0.29) is 36.2 Å². The van der Waals surface area contributed by atoms with Crippen molar-refractivity contribution in [2.45, 2.75) is 17.9 Å². The van der Waals surface area contributed by atoms with Crippen molar-refractivity contribution in [2.24, 2.45) is 5.92 Å². The molecule has 1 heterocycles. The van der Waals surface area contributed by atoms with Crippen LogP contribution in [0.1, 0.15) is 12.0 Å². The summed E-state index contributed by atoms with van der Waals surface area (Å²) in [5, 5.41) is 2.71. The molecular formula is C21H25N3O5S. The van der Waals surface area contributed by atoms with Crippen molar-refractivity contribution < 1.29 is 22.7 Å². The van der Waals surface area contributed by atoms with Gasteiger partial charge in [-0.05, 0) is 29.8 Å². The van der Waals surface area contributed by atoms with E-state index in [2.05, 4.69) is 10.0 Å². The molecular weight excluding hydrogens is 406 g/mol. The number of ether oxygens (including phenoxy) is 1. The monoisotopic (exact) mass is 431 g/mol. The number of nitrogens with zero attached hydrogens (tertiary/aromatic N) is 1. The minimum atomic E-state index is -3.67. The van der Waals surface area contributed by atoms with E-state index in [1.54, 1.807) is 17.0 Å². The van der Waals surface area contributed by atoms with E-state index in [9.17, 15) is 18.0 Å². The van der Waals surface area contributed by atoms with E-state index in [4.69, 9.17) is 4.74 Å². The molecule has 1 aliphatic heterocycles. The summed E-state index contributed by atoms with van der Waals surface area (Å²) in [6.07, 6.45) is 0.163. The van der Waals surface area contributed by atoms with Crippen LogP contribution in [0.4, 0.5) is 0 Å². The number of methoxy groups -OCH3 is 1. The van der Waals surface area contributed by atoms with E-state index in [1.165, 1.54) is 19.2 Å². The van der Waals surface area contributed by atoms with Crippen LogP contribution in [0, 0.1) is 5.92 Å². The third kappa shape index (κ3) is 5.58. The van der Waals surface area contributed by atoms with Crippen molar-refractivity contribution in [3.63, 3.8) is 0 Å². The number of rotatable bonds is 9. The lowest BCUT2D eigenvalue weighted by molar-refractivity contribution is -0.129. The molecule has 0 bridgehead atoms. The standard InChI is InChI=1S/C21H25N3O5S/c1-29-18-7-9-19(10-8-18)30(27,28)23-12-11-22-21(26)17-13-20(25)24(15-17)14-16-5-3-2-4-6-16/h2-10,17,23H,11-15H2,1H3,(H,22,26)/t17-/m1/s1. The number of nitrogens with one attached hydrogen (secondary N) is 2. The smallest absolute Gasteiger partial charge is 0.240 e. The number of likely N-dealkylation sites (tertiary alicyclic amines) is 1. The molecule has 2 aromatic rings. The van der Waals surface area contributed by atoms with Gasteiger partial charge < -0.3 is 15.0 Å². The molecule has 2 N–H and O–H groups in total. The molecule has 0 radical (unpaired) electrons. The maximum Gasteiger partial charge on any atom is 0.240 e. The number of carbonyl (C=O) groups excluding carboxylic acids is 2. The van der Waals surface area contributed by atoms with Gasteiger partial charge in [0.05, 0.1) is 17.9 Å².